The first-order valence-electron chi connectivity index (χ1n) is 9.69. The van der Waals surface area contributed by atoms with E-state index in [1.807, 2.05) is 18.2 Å². The molecule has 0 unspecified atom stereocenters. The maximum atomic E-state index is 12.2. The number of hydrogen-bond acceptors (Lipinski definition) is 7. The average Bonchev–Trinajstić information content (AvgIpc) is 3.34. The molecule has 2 N–H and O–H groups in total. The molecule has 0 atom stereocenters. The summed E-state index contributed by atoms with van der Waals surface area (Å²) < 4.78 is 16.7. The number of carbonyl (C=O) groups excluding carboxylic acids is 3. The Labute approximate surface area is 183 Å². The molecule has 3 rings (SSSR count). The van der Waals surface area contributed by atoms with Crippen LogP contribution in [0, 0.1) is 0 Å². The molecule has 9 nitrogen and oxygen atoms in total. The summed E-state index contributed by atoms with van der Waals surface area (Å²) in [7, 11) is 1.22. The molecular weight excluding hydrogens is 416 g/mol. The molecular formula is C23H22N2O7. The van der Waals surface area contributed by atoms with E-state index in [-0.39, 0.29) is 35.2 Å². The predicted molar refractivity (Wildman–Crippen MR) is 114 cm³/mol. The zero-order chi connectivity index (χ0) is 23.3. The molecule has 166 valence electrons. The Morgan fingerprint density at radius 3 is 2.56 bits per heavy atom. The second-order valence-corrected chi connectivity index (χ2v) is 6.57. The van der Waals surface area contributed by atoms with Gasteiger partial charge in [0.15, 0.2) is 5.75 Å². The topological polar surface area (TPSA) is 120 Å². The lowest BCUT2D eigenvalue weighted by atomic mass is 10.2. The molecule has 2 aromatic heterocycles. The normalized spacial score (nSPS) is 11.2. The first-order chi connectivity index (χ1) is 15.4. The molecule has 0 spiro atoms. The zero-order valence-electron chi connectivity index (χ0n) is 17.6. The highest BCUT2D eigenvalue weighted by molar-refractivity contribution is 6.32. The number of benzene rings is 1. The van der Waals surface area contributed by atoms with Crippen LogP contribution in [0.15, 0.2) is 46.9 Å². The van der Waals surface area contributed by atoms with Crippen molar-refractivity contribution in [1.82, 2.24) is 9.88 Å². The Morgan fingerprint density at radius 2 is 1.91 bits per heavy atom. The third-order valence-electron chi connectivity index (χ3n) is 4.53. The van der Waals surface area contributed by atoms with Crippen molar-refractivity contribution >= 4 is 30.5 Å². The highest BCUT2D eigenvalue weighted by Gasteiger charge is 2.21. The van der Waals surface area contributed by atoms with Crippen molar-refractivity contribution in [2.45, 2.75) is 13.5 Å². The summed E-state index contributed by atoms with van der Waals surface area (Å²) in [6, 6.07) is 12.3. The van der Waals surface area contributed by atoms with Crippen LogP contribution in [0.1, 0.15) is 28.8 Å². The number of aromatic nitrogens is 1. The number of carbonyl (C=O) groups is 3. The lowest BCUT2D eigenvalue weighted by molar-refractivity contribution is -0.154. The maximum Gasteiger partial charge on any atom is 0.396 e. The molecule has 0 fully saturated rings. The summed E-state index contributed by atoms with van der Waals surface area (Å²) in [6.07, 6.45) is 1.53. The van der Waals surface area contributed by atoms with Gasteiger partial charge in [-0.05, 0) is 31.2 Å². The molecule has 9 heteroatoms. The number of rotatable bonds is 6. The molecule has 1 aromatic carbocycles. The summed E-state index contributed by atoms with van der Waals surface area (Å²) in [5.41, 5.74) is 0.610. The standard InChI is InChI=1S/C23H22N2O7/c1-4-31-23(29)21(27)24-13-17-11-10-16(32-17)12-18-20(26)19(22(28)30-3)14(2)25(18)15-8-6-5-7-9-15/h5-12,26H,2,4,13H2,1,3H3,(H,24,27). The van der Waals surface area contributed by atoms with E-state index in [0.717, 1.165) is 0 Å². The van der Waals surface area contributed by atoms with Gasteiger partial charge in [0, 0.05) is 11.8 Å². The van der Waals surface area contributed by atoms with Gasteiger partial charge in [-0.2, -0.15) is 0 Å². The van der Waals surface area contributed by atoms with Crippen molar-refractivity contribution in [3.05, 3.63) is 70.2 Å². The summed E-state index contributed by atoms with van der Waals surface area (Å²) in [4.78, 5) is 35.3. The Balaban J connectivity index is 1.99. The first-order valence-corrected chi connectivity index (χ1v) is 9.69. The fourth-order valence-corrected chi connectivity index (χ4v) is 3.09. The van der Waals surface area contributed by atoms with Gasteiger partial charge in [-0.25, -0.2) is 9.59 Å². The molecule has 0 bridgehead atoms. The van der Waals surface area contributed by atoms with Crippen molar-refractivity contribution in [1.29, 1.82) is 0 Å². The highest BCUT2D eigenvalue weighted by Crippen LogP contribution is 2.15. The third-order valence-corrected chi connectivity index (χ3v) is 4.53. The molecule has 1 amide bonds. The molecule has 3 aromatic rings. The van der Waals surface area contributed by atoms with Gasteiger partial charge in [0.1, 0.15) is 17.1 Å². The van der Waals surface area contributed by atoms with Crippen LogP contribution in [0.5, 0.6) is 5.75 Å². The second kappa shape index (κ2) is 9.69. The van der Waals surface area contributed by atoms with Crippen LogP contribution in [0.4, 0.5) is 0 Å². The number of para-hydroxylation sites is 1. The number of hydrogen-bond donors (Lipinski definition) is 2. The van der Waals surface area contributed by atoms with Gasteiger partial charge in [0.25, 0.3) is 0 Å². The van der Waals surface area contributed by atoms with Crippen molar-refractivity contribution in [3.8, 4) is 11.4 Å². The lowest BCUT2D eigenvalue weighted by Crippen LogP contribution is -2.31. The number of ether oxygens (including phenoxy) is 2. The highest BCUT2D eigenvalue weighted by atomic mass is 16.5. The Bertz CT molecular complexity index is 1260. The smallest absolute Gasteiger partial charge is 0.396 e. The van der Waals surface area contributed by atoms with Crippen LogP contribution in [0.3, 0.4) is 0 Å². The Kier molecular flexibility index (Phi) is 6.79. The van der Waals surface area contributed by atoms with E-state index < -0.39 is 17.8 Å². The minimum Gasteiger partial charge on any atom is -0.505 e. The van der Waals surface area contributed by atoms with Crippen molar-refractivity contribution in [2.24, 2.45) is 0 Å². The monoisotopic (exact) mass is 438 g/mol. The van der Waals surface area contributed by atoms with Gasteiger partial charge in [-0.3, -0.25) is 4.79 Å². The van der Waals surface area contributed by atoms with Crippen LogP contribution in [-0.4, -0.2) is 41.2 Å². The molecule has 0 radical (unpaired) electrons. The zero-order valence-corrected chi connectivity index (χ0v) is 17.6. The fraction of sp³-hybridized carbons (Fsp3) is 0.174. The largest absolute Gasteiger partial charge is 0.505 e. The number of amides is 1. The SMILES string of the molecule is C=c1c(C(=O)OC)c(O)c(=Cc2ccc(CNC(=O)C(=O)OCC)o2)n1-c1ccccc1. The lowest BCUT2D eigenvalue weighted by Gasteiger charge is -2.04. The number of nitrogens with one attached hydrogen (secondary N) is 1. The van der Waals surface area contributed by atoms with Crippen molar-refractivity contribution in [3.63, 3.8) is 0 Å². The summed E-state index contributed by atoms with van der Waals surface area (Å²) in [6.45, 7) is 5.59. The summed E-state index contributed by atoms with van der Waals surface area (Å²) in [5, 5.41) is 13.7. The van der Waals surface area contributed by atoms with Gasteiger partial charge < -0.3 is 28.9 Å². The van der Waals surface area contributed by atoms with E-state index in [4.69, 9.17) is 9.15 Å². The van der Waals surface area contributed by atoms with E-state index >= 15 is 0 Å². The first kappa shape index (κ1) is 22.4. The van der Waals surface area contributed by atoms with Crippen LogP contribution < -0.4 is 16.0 Å². The minimum absolute atomic E-state index is 0.0365. The van der Waals surface area contributed by atoms with Gasteiger partial charge in [0.05, 0.1) is 31.0 Å². The quantitative estimate of drug-likeness (QED) is 0.435. The van der Waals surface area contributed by atoms with Crippen LogP contribution >= 0.6 is 0 Å². The molecule has 0 saturated heterocycles. The summed E-state index contributed by atoms with van der Waals surface area (Å²) in [5.74, 6) is -2.18. The number of aromatic hydroxyl groups is 1. The van der Waals surface area contributed by atoms with Crippen LogP contribution in [0.2, 0.25) is 0 Å². The van der Waals surface area contributed by atoms with E-state index in [1.165, 1.54) is 13.2 Å². The molecule has 2 heterocycles. The van der Waals surface area contributed by atoms with Crippen LogP contribution in [-0.2, 0) is 25.6 Å². The van der Waals surface area contributed by atoms with E-state index in [2.05, 4.69) is 16.6 Å². The Morgan fingerprint density at radius 1 is 1.19 bits per heavy atom. The number of methoxy groups -OCH3 is 1. The van der Waals surface area contributed by atoms with E-state index in [0.29, 0.717) is 17.2 Å². The molecule has 0 aliphatic heterocycles. The average molecular weight is 438 g/mol. The molecule has 32 heavy (non-hydrogen) atoms. The van der Waals surface area contributed by atoms with Gasteiger partial charge in [-0.1, -0.05) is 24.8 Å². The summed E-state index contributed by atoms with van der Waals surface area (Å²) >= 11 is 0. The van der Waals surface area contributed by atoms with Gasteiger partial charge in [-0.15, -0.1) is 0 Å². The molecule has 0 aliphatic carbocycles. The number of esters is 2. The van der Waals surface area contributed by atoms with Crippen molar-refractivity contribution in [2.75, 3.05) is 13.7 Å². The van der Waals surface area contributed by atoms with Gasteiger partial charge >= 0.3 is 17.8 Å². The van der Waals surface area contributed by atoms with E-state index in [9.17, 15) is 19.5 Å². The maximum absolute atomic E-state index is 12.2. The second-order valence-electron chi connectivity index (χ2n) is 6.57. The van der Waals surface area contributed by atoms with Crippen LogP contribution in [0.25, 0.3) is 18.3 Å². The van der Waals surface area contributed by atoms with Gasteiger partial charge in [0.2, 0.25) is 0 Å². The number of furan rings is 1. The third kappa shape index (κ3) is 4.56. The minimum atomic E-state index is -0.977. The van der Waals surface area contributed by atoms with E-state index in [1.54, 1.807) is 35.8 Å². The predicted octanol–water partition coefficient (Wildman–Crippen LogP) is 0.981. The molecule has 0 aliphatic rings. The number of nitrogens with zero attached hydrogens (tertiary/aromatic N) is 1. The van der Waals surface area contributed by atoms with Crippen molar-refractivity contribution < 1.29 is 33.4 Å². The Hall–Kier alpha value is -4.27. The fourth-order valence-electron chi connectivity index (χ4n) is 3.09. The molecule has 0 saturated carbocycles.